The fraction of sp³-hybridized carbons (Fsp3) is 0.400. The predicted octanol–water partition coefficient (Wildman–Crippen LogP) is 2.12. The van der Waals surface area contributed by atoms with E-state index < -0.39 is 11.8 Å². The molecule has 2 N–H and O–H groups in total. The molecule has 6 heteroatoms. The lowest BCUT2D eigenvalue weighted by Crippen LogP contribution is -2.11. The van der Waals surface area contributed by atoms with Crippen LogP contribution >= 0.6 is 11.6 Å². The Morgan fingerprint density at radius 1 is 1.62 bits per heavy atom. The number of methoxy groups -OCH3 is 1. The van der Waals surface area contributed by atoms with Crippen molar-refractivity contribution in [3.63, 3.8) is 0 Å². The van der Waals surface area contributed by atoms with Crippen molar-refractivity contribution in [1.82, 2.24) is 4.98 Å². The molecule has 0 radical (unpaired) electrons. The maximum atomic E-state index is 13.7. The van der Waals surface area contributed by atoms with Crippen LogP contribution in [0, 0.1) is 5.82 Å². The Labute approximate surface area is 96.6 Å². The molecule has 1 aliphatic carbocycles. The van der Waals surface area contributed by atoms with Crippen molar-refractivity contribution in [2.24, 2.45) is 0 Å². The topological polar surface area (TPSA) is 65.2 Å². The molecule has 4 nitrogen and oxygen atoms in total. The third-order valence-corrected chi connectivity index (χ3v) is 2.86. The molecular weight excluding hydrogens is 235 g/mol. The number of rotatable bonds is 2. The number of hydrogen-bond donors (Lipinski definition) is 1. The van der Waals surface area contributed by atoms with Gasteiger partial charge in [0.15, 0.2) is 11.5 Å². The maximum Gasteiger partial charge on any atom is 0.358 e. The van der Waals surface area contributed by atoms with E-state index in [1.54, 1.807) is 0 Å². The average molecular weight is 245 g/mol. The summed E-state index contributed by atoms with van der Waals surface area (Å²) >= 11 is 5.74. The Kier molecular flexibility index (Phi) is 2.71. The largest absolute Gasteiger partial charge is 0.464 e. The van der Waals surface area contributed by atoms with Crippen LogP contribution in [0.1, 0.15) is 34.9 Å². The van der Waals surface area contributed by atoms with Gasteiger partial charge in [0.1, 0.15) is 0 Å². The summed E-state index contributed by atoms with van der Waals surface area (Å²) in [5.74, 6) is -1.29. The lowest BCUT2D eigenvalue weighted by Gasteiger charge is -2.09. The highest BCUT2D eigenvalue weighted by molar-refractivity contribution is 6.35. The van der Waals surface area contributed by atoms with Gasteiger partial charge >= 0.3 is 5.97 Å². The lowest BCUT2D eigenvalue weighted by atomic mass is 10.2. The molecule has 1 heterocycles. The lowest BCUT2D eigenvalue weighted by molar-refractivity contribution is 0.0594. The number of nitrogens with zero attached hydrogens (tertiary/aromatic N) is 1. The Hall–Kier alpha value is -1.36. The second-order valence-electron chi connectivity index (χ2n) is 3.65. The second kappa shape index (κ2) is 3.90. The Bertz CT molecular complexity index is 461. The third-order valence-electron chi connectivity index (χ3n) is 2.48. The highest BCUT2D eigenvalue weighted by Gasteiger charge is 2.32. The van der Waals surface area contributed by atoms with E-state index in [0.29, 0.717) is 0 Å². The van der Waals surface area contributed by atoms with Crippen LogP contribution in [-0.4, -0.2) is 18.1 Å². The summed E-state index contributed by atoms with van der Waals surface area (Å²) in [6, 6.07) is 0. The quantitative estimate of drug-likeness (QED) is 0.810. The third kappa shape index (κ3) is 1.71. The van der Waals surface area contributed by atoms with E-state index in [1.807, 2.05) is 0 Å². The normalized spacial score (nSPS) is 14.9. The Morgan fingerprint density at radius 2 is 2.25 bits per heavy atom. The summed E-state index contributed by atoms with van der Waals surface area (Å²) in [7, 11) is 1.21. The number of hydrogen-bond acceptors (Lipinski definition) is 4. The van der Waals surface area contributed by atoms with Crippen LogP contribution in [0.25, 0.3) is 0 Å². The van der Waals surface area contributed by atoms with Crippen LogP contribution in [0.5, 0.6) is 0 Å². The molecule has 0 atom stereocenters. The fourth-order valence-corrected chi connectivity index (χ4v) is 1.64. The number of nitrogen functional groups attached to an aromatic ring is 1. The van der Waals surface area contributed by atoms with Gasteiger partial charge in [0.2, 0.25) is 0 Å². The van der Waals surface area contributed by atoms with Crippen molar-refractivity contribution in [2.45, 2.75) is 18.8 Å². The van der Waals surface area contributed by atoms with Crippen LogP contribution in [0.4, 0.5) is 10.1 Å². The molecule has 0 aromatic carbocycles. The maximum absolute atomic E-state index is 13.7. The number of esters is 1. The van der Waals surface area contributed by atoms with Crippen LogP contribution < -0.4 is 5.73 Å². The molecule has 0 spiro atoms. The van der Waals surface area contributed by atoms with Crippen molar-refractivity contribution in [2.75, 3.05) is 12.8 Å². The van der Waals surface area contributed by atoms with Gasteiger partial charge in [-0.25, -0.2) is 14.2 Å². The first-order chi connectivity index (χ1) is 7.56. The summed E-state index contributed by atoms with van der Waals surface area (Å²) in [4.78, 5) is 15.2. The highest BCUT2D eigenvalue weighted by atomic mass is 35.5. The minimum absolute atomic E-state index is 0.0444. The number of anilines is 1. The number of carbonyl (C=O) groups is 1. The van der Waals surface area contributed by atoms with Crippen LogP contribution in [0.3, 0.4) is 0 Å². The zero-order valence-electron chi connectivity index (χ0n) is 8.59. The Morgan fingerprint density at radius 3 is 2.75 bits per heavy atom. The van der Waals surface area contributed by atoms with Gasteiger partial charge in [0.05, 0.1) is 23.5 Å². The first-order valence-corrected chi connectivity index (χ1v) is 5.16. The Balaban J connectivity index is 2.57. The molecule has 2 rings (SSSR count). The molecule has 1 aliphatic rings. The highest BCUT2D eigenvalue weighted by Crippen LogP contribution is 2.42. The number of pyridine rings is 1. The molecule has 0 aliphatic heterocycles. The molecule has 0 bridgehead atoms. The van der Waals surface area contributed by atoms with Gasteiger partial charge in [-0.1, -0.05) is 11.6 Å². The van der Waals surface area contributed by atoms with E-state index in [1.165, 1.54) is 7.11 Å². The zero-order chi connectivity index (χ0) is 11.9. The second-order valence-corrected chi connectivity index (χ2v) is 4.03. The smallest absolute Gasteiger partial charge is 0.358 e. The first kappa shape index (κ1) is 11.1. The van der Waals surface area contributed by atoms with E-state index in [0.717, 1.165) is 12.8 Å². The minimum Gasteiger partial charge on any atom is -0.464 e. The molecule has 86 valence electrons. The standard InChI is InChI=1S/C10H10ClFN2O2/c1-16-10(15)9-5(11)7(13)6(12)8(14-9)4-2-3-4/h4H,2-3H2,1H3,(H2,13,14). The van der Waals surface area contributed by atoms with Crippen LogP contribution in [-0.2, 0) is 4.74 Å². The zero-order valence-corrected chi connectivity index (χ0v) is 9.34. The number of aromatic nitrogens is 1. The van der Waals surface area contributed by atoms with Crippen molar-refractivity contribution < 1.29 is 13.9 Å². The van der Waals surface area contributed by atoms with Gasteiger partial charge in [-0.15, -0.1) is 0 Å². The van der Waals surface area contributed by atoms with Crippen LogP contribution in [0.2, 0.25) is 5.02 Å². The summed E-state index contributed by atoms with van der Waals surface area (Å²) in [5, 5.41) is -0.186. The molecule has 0 unspecified atom stereocenters. The van der Waals surface area contributed by atoms with E-state index >= 15 is 0 Å². The number of halogens is 2. The molecule has 16 heavy (non-hydrogen) atoms. The van der Waals surface area contributed by atoms with E-state index in [4.69, 9.17) is 17.3 Å². The molecule has 1 aromatic rings. The van der Waals surface area contributed by atoms with Crippen molar-refractivity contribution >= 4 is 23.3 Å². The van der Waals surface area contributed by atoms with Crippen molar-refractivity contribution in [3.05, 3.63) is 22.2 Å². The fourth-order valence-electron chi connectivity index (χ4n) is 1.44. The SMILES string of the molecule is COC(=O)c1nc(C2CC2)c(F)c(N)c1Cl. The summed E-state index contributed by atoms with van der Waals surface area (Å²) < 4.78 is 18.2. The van der Waals surface area contributed by atoms with E-state index in [9.17, 15) is 9.18 Å². The van der Waals surface area contributed by atoms with Gasteiger partial charge < -0.3 is 10.5 Å². The number of carbonyl (C=O) groups excluding carboxylic acids is 1. The summed E-state index contributed by atoms with van der Waals surface area (Å²) in [6.07, 6.45) is 1.71. The molecule has 1 aromatic heterocycles. The molecule has 1 fully saturated rings. The first-order valence-electron chi connectivity index (χ1n) is 4.79. The molecular formula is C10H10ClFN2O2. The minimum atomic E-state index is -0.710. The van der Waals surface area contributed by atoms with E-state index in [-0.39, 0.29) is 28.0 Å². The van der Waals surface area contributed by atoms with Gasteiger partial charge in [-0.3, -0.25) is 0 Å². The van der Waals surface area contributed by atoms with Gasteiger partial charge in [-0.05, 0) is 12.8 Å². The van der Waals surface area contributed by atoms with Gasteiger partial charge in [0.25, 0.3) is 0 Å². The molecule has 0 saturated heterocycles. The van der Waals surface area contributed by atoms with E-state index in [2.05, 4.69) is 9.72 Å². The number of ether oxygens (including phenoxy) is 1. The predicted molar refractivity (Wildman–Crippen MR) is 56.9 cm³/mol. The van der Waals surface area contributed by atoms with Crippen LogP contribution in [0.15, 0.2) is 0 Å². The average Bonchev–Trinajstić information content (AvgIpc) is 3.09. The summed E-state index contributed by atoms with van der Waals surface area (Å²) in [5.41, 5.74) is 5.34. The molecule has 1 saturated carbocycles. The molecule has 0 amide bonds. The van der Waals surface area contributed by atoms with Gasteiger partial charge in [-0.2, -0.15) is 0 Å². The monoisotopic (exact) mass is 244 g/mol. The van der Waals surface area contributed by atoms with Crippen molar-refractivity contribution in [3.8, 4) is 0 Å². The van der Waals surface area contributed by atoms with Crippen molar-refractivity contribution in [1.29, 1.82) is 0 Å². The number of nitrogens with two attached hydrogens (primary N) is 1. The summed E-state index contributed by atoms with van der Waals surface area (Å²) in [6.45, 7) is 0. The van der Waals surface area contributed by atoms with Gasteiger partial charge in [0, 0.05) is 5.92 Å².